The molecule has 11 rings (SSSR count). The van der Waals surface area contributed by atoms with Gasteiger partial charge in [0.1, 0.15) is 36.7 Å². The molecule has 1 amide bonds. The second kappa shape index (κ2) is 20.0. The maximum Gasteiger partial charge on any atom is 0.410 e. The minimum absolute atomic E-state index is 0.000553. The topological polar surface area (TPSA) is 131 Å². The number of pyridine rings is 1. The second-order valence-electron chi connectivity index (χ2n) is 24.4. The highest BCUT2D eigenvalue weighted by Gasteiger charge is 2.72. The van der Waals surface area contributed by atoms with Crippen LogP contribution in [0.4, 0.5) is 23.8 Å². The molecule has 6 aromatic rings. The van der Waals surface area contributed by atoms with Gasteiger partial charge in [-0.15, -0.1) is 16.9 Å². The van der Waals surface area contributed by atoms with Gasteiger partial charge in [-0.1, -0.05) is 53.5 Å². The van der Waals surface area contributed by atoms with Crippen molar-refractivity contribution in [3.63, 3.8) is 0 Å². The summed E-state index contributed by atoms with van der Waals surface area (Å²) in [5.74, 6) is 0.981. The van der Waals surface area contributed by atoms with Crippen LogP contribution >= 0.6 is 11.3 Å². The van der Waals surface area contributed by atoms with Gasteiger partial charge in [0.25, 0.3) is 5.92 Å². The number of benzene rings is 2. The van der Waals surface area contributed by atoms with Crippen LogP contribution in [-0.2, 0) is 9.47 Å². The van der Waals surface area contributed by atoms with E-state index in [1.165, 1.54) is 17.4 Å². The molecule has 5 aliphatic rings. The van der Waals surface area contributed by atoms with Crippen molar-refractivity contribution in [2.24, 2.45) is 11.3 Å². The molecule has 2 aromatic carbocycles. The summed E-state index contributed by atoms with van der Waals surface area (Å²) >= 11 is 1.42. The highest BCUT2D eigenvalue weighted by atomic mass is 32.1. The van der Waals surface area contributed by atoms with Crippen LogP contribution in [0.15, 0.2) is 36.7 Å². The van der Waals surface area contributed by atoms with Crippen LogP contribution in [-0.4, -0.2) is 130 Å². The number of halogens is 3. The number of amides is 1. The average molecular weight is 1080 g/mol. The molecule has 2 bridgehead atoms. The van der Waals surface area contributed by atoms with Gasteiger partial charge in [-0.25, -0.2) is 22.6 Å². The van der Waals surface area contributed by atoms with E-state index in [2.05, 4.69) is 68.9 Å². The van der Waals surface area contributed by atoms with Gasteiger partial charge in [0.05, 0.1) is 50.6 Å². The molecule has 406 valence electrons. The Morgan fingerprint density at radius 3 is 2.30 bits per heavy atom. The molecular weight excluding hydrogens is 1010 g/mol. The number of aromatic nitrogens is 5. The van der Waals surface area contributed by atoms with Gasteiger partial charge in [0, 0.05) is 67.2 Å². The number of aliphatic hydroxyl groups is 1. The van der Waals surface area contributed by atoms with E-state index in [-0.39, 0.29) is 62.5 Å². The molecule has 1 aliphatic carbocycles. The number of piperazine rings is 1. The lowest BCUT2D eigenvalue weighted by Crippen LogP contribution is -2.57. The second-order valence-corrected chi connectivity index (χ2v) is 31.0. The van der Waals surface area contributed by atoms with E-state index < -0.39 is 30.8 Å². The van der Waals surface area contributed by atoms with Crippen molar-refractivity contribution in [1.29, 1.82) is 0 Å². The molecule has 13 nitrogen and oxygen atoms in total. The molecular formula is C58H73F3N8O5SSi. The van der Waals surface area contributed by atoms with Crippen molar-refractivity contribution >= 4 is 73.3 Å². The lowest BCUT2D eigenvalue weighted by atomic mass is 9.93. The SMILES string of the molecule is CC(C)[Si](C#Cc1c(F)ccc2cc3c(cnn3C3CCCCO3)c(-c3nccc4c3sc3nc(OC[C@]5(CN6CCC(CO)CC6)CC5(F)F)nc(N5CC6CCC(C5)N6C(=O)OC(C)(C)C)c34)c12)(C(C)C)C(C)C. The lowest BCUT2D eigenvalue weighted by molar-refractivity contribution is -0.0366. The van der Waals surface area contributed by atoms with Crippen LogP contribution in [0.5, 0.6) is 6.01 Å². The molecule has 0 radical (unpaired) electrons. The normalized spacial score (nSPS) is 23.4. The fourth-order valence-corrected chi connectivity index (χ4v) is 19.9. The number of alkyl halides is 2. The summed E-state index contributed by atoms with van der Waals surface area (Å²) < 4.78 is 69.7. The minimum atomic E-state index is -2.92. The van der Waals surface area contributed by atoms with E-state index in [0.29, 0.717) is 82.3 Å². The number of likely N-dealkylation sites (tertiary alicyclic amines) is 1. The zero-order valence-electron chi connectivity index (χ0n) is 45.5. The van der Waals surface area contributed by atoms with E-state index >= 15 is 13.2 Å². The van der Waals surface area contributed by atoms with Crippen LogP contribution in [0.2, 0.25) is 16.6 Å². The molecule has 8 heterocycles. The van der Waals surface area contributed by atoms with Gasteiger partial charge in [-0.3, -0.25) is 9.88 Å². The van der Waals surface area contributed by atoms with Crippen molar-refractivity contribution in [2.45, 2.75) is 160 Å². The predicted molar refractivity (Wildman–Crippen MR) is 297 cm³/mol. The third-order valence-corrected chi connectivity index (χ3v) is 24.9. The van der Waals surface area contributed by atoms with Crippen molar-refractivity contribution in [2.75, 3.05) is 57.4 Å². The van der Waals surface area contributed by atoms with Gasteiger partial charge in [0.2, 0.25) is 0 Å². The van der Waals surface area contributed by atoms with Gasteiger partial charge < -0.3 is 29.1 Å². The number of piperidine rings is 1. The van der Waals surface area contributed by atoms with Crippen molar-refractivity contribution in [3.8, 4) is 28.7 Å². The van der Waals surface area contributed by atoms with Crippen LogP contribution in [0.1, 0.15) is 125 Å². The Bertz CT molecular complexity index is 3230. The number of carbonyl (C=O) groups is 1. The molecule has 76 heavy (non-hydrogen) atoms. The first-order valence-corrected chi connectivity index (χ1v) is 30.7. The molecule has 18 heteroatoms. The number of rotatable bonds is 12. The van der Waals surface area contributed by atoms with E-state index in [4.69, 9.17) is 34.3 Å². The number of thiophene rings is 1. The Labute approximate surface area is 448 Å². The molecule has 4 saturated heterocycles. The van der Waals surface area contributed by atoms with Crippen LogP contribution in [0, 0.1) is 28.6 Å². The Kier molecular flexibility index (Phi) is 13.9. The summed E-state index contributed by atoms with van der Waals surface area (Å²) in [4.78, 5) is 35.9. The smallest absolute Gasteiger partial charge is 0.410 e. The Morgan fingerprint density at radius 2 is 1.67 bits per heavy atom. The van der Waals surface area contributed by atoms with Crippen LogP contribution in [0.25, 0.3) is 53.2 Å². The summed E-state index contributed by atoms with van der Waals surface area (Å²) in [6.45, 7) is 22.0. The molecule has 1 saturated carbocycles. The van der Waals surface area contributed by atoms with E-state index in [9.17, 15) is 9.90 Å². The van der Waals surface area contributed by atoms with E-state index in [0.717, 1.165) is 76.7 Å². The standard InChI is InChI=1S/C58H73F3N8O5SSi/c1-34(2)76(35(3)4,36(5)6)25-20-41-44(59)16-13-38-26-45-43(27-63-69(45)46-12-10-11-24-72-46)48(47(38)41)50-51-42(17-21-62-50)49-52(67-28-39-14-15-40(29-67)68(39)55(71)74-56(7,8)9)64-54(65-53(49)75-51)73-33-57(31-58(57,60)61)32-66-22-18-37(30-70)19-23-66/h13,16-17,21,26-27,34-37,39-40,46,70H,10-12,14-15,18-19,22-24,28-33H2,1-9H3/t39?,40?,46?,57-/m1/s1. The van der Waals surface area contributed by atoms with Crippen LogP contribution in [0.3, 0.4) is 0 Å². The molecule has 4 atom stereocenters. The lowest BCUT2D eigenvalue weighted by Gasteiger charge is -2.42. The summed E-state index contributed by atoms with van der Waals surface area (Å²) in [5, 5.41) is 18.6. The summed E-state index contributed by atoms with van der Waals surface area (Å²) in [7, 11) is -2.34. The number of hydrogen-bond acceptors (Lipinski definition) is 12. The fourth-order valence-electron chi connectivity index (χ4n) is 13.5. The monoisotopic (exact) mass is 1080 g/mol. The Balaban J connectivity index is 1.09. The molecule has 4 aliphatic heterocycles. The number of fused-ring (bicyclic) bond motifs is 7. The Hall–Kier alpha value is -5.06. The first-order valence-electron chi connectivity index (χ1n) is 27.7. The number of ether oxygens (including phenoxy) is 3. The van der Waals surface area contributed by atoms with Gasteiger partial charge in [-0.2, -0.15) is 15.1 Å². The average Bonchev–Trinajstić information content (AvgIpc) is 3.83. The maximum atomic E-state index is 17.0. The zero-order valence-corrected chi connectivity index (χ0v) is 47.3. The molecule has 0 spiro atoms. The number of nitrogens with zero attached hydrogens (tertiary/aromatic N) is 8. The van der Waals surface area contributed by atoms with Gasteiger partial charge in [-0.05, 0) is 125 Å². The third-order valence-electron chi connectivity index (χ3n) is 17.5. The first-order chi connectivity index (χ1) is 36.2. The largest absolute Gasteiger partial charge is 0.462 e. The number of anilines is 1. The molecule has 5 fully saturated rings. The maximum absolute atomic E-state index is 17.0. The van der Waals surface area contributed by atoms with Crippen molar-refractivity contribution in [3.05, 3.63) is 48.0 Å². The summed E-state index contributed by atoms with van der Waals surface area (Å²) in [5.41, 5.74) is 5.22. The quantitative estimate of drug-likeness (QED) is 0.0928. The highest BCUT2D eigenvalue weighted by molar-refractivity contribution is 7.26. The number of hydrogen-bond donors (Lipinski definition) is 1. The molecule has 1 N–H and O–H groups in total. The summed E-state index contributed by atoms with van der Waals surface area (Å²) in [6.07, 6.45) is 8.62. The van der Waals surface area contributed by atoms with E-state index in [1.54, 1.807) is 6.20 Å². The van der Waals surface area contributed by atoms with Crippen LogP contribution < -0.4 is 9.64 Å². The Morgan fingerprint density at radius 1 is 0.961 bits per heavy atom. The van der Waals surface area contributed by atoms with Crippen molar-refractivity contribution < 1.29 is 37.3 Å². The minimum Gasteiger partial charge on any atom is -0.462 e. The molecule has 4 aromatic heterocycles. The molecule has 3 unspecified atom stereocenters. The third kappa shape index (κ3) is 9.30. The first kappa shape index (κ1) is 53.0. The van der Waals surface area contributed by atoms with Crippen molar-refractivity contribution in [1.82, 2.24) is 34.5 Å². The summed E-state index contributed by atoms with van der Waals surface area (Å²) in [6, 6.07) is 7.09. The number of carbonyl (C=O) groups excluding carboxylic acids is 1. The number of aliphatic hydroxyl groups excluding tert-OH is 1. The van der Waals surface area contributed by atoms with Gasteiger partial charge >= 0.3 is 12.1 Å². The highest BCUT2D eigenvalue weighted by Crippen LogP contribution is 2.61. The van der Waals surface area contributed by atoms with Gasteiger partial charge in [0.15, 0.2) is 6.23 Å². The van der Waals surface area contributed by atoms with E-state index in [1.807, 2.05) is 48.7 Å². The predicted octanol–water partition coefficient (Wildman–Crippen LogP) is 12.5. The zero-order chi connectivity index (χ0) is 53.6. The fraction of sp³-hybridized carbons (Fsp3) is 0.603.